The van der Waals surface area contributed by atoms with Crippen LogP contribution in [0.1, 0.15) is 46.2 Å². The summed E-state index contributed by atoms with van der Waals surface area (Å²) < 4.78 is 5.79. The van der Waals surface area contributed by atoms with E-state index in [0.29, 0.717) is 27.0 Å². The molecule has 0 amide bonds. The van der Waals surface area contributed by atoms with Crippen molar-refractivity contribution < 1.29 is 14.6 Å². The highest BCUT2D eigenvalue weighted by Gasteiger charge is 2.21. The van der Waals surface area contributed by atoms with E-state index < -0.39 is 12.1 Å². The molecule has 1 atom stereocenters. The van der Waals surface area contributed by atoms with Crippen molar-refractivity contribution >= 4 is 27.5 Å². The molecule has 3 N–H and O–H groups in total. The molecule has 3 heterocycles. The highest BCUT2D eigenvalue weighted by Crippen LogP contribution is 2.25. The van der Waals surface area contributed by atoms with E-state index in [1.54, 1.807) is 32.2 Å². The van der Waals surface area contributed by atoms with Gasteiger partial charge >= 0.3 is 5.97 Å². The van der Waals surface area contributed by atoms with Gasteiger partial charge in [-0.1, -0.05) is 0 Å². The van der Waals surface area contributed by atoms with E-state index >= 15 is 0 Å². The first-order valence-corrected chi connectivity index (χ1v) is 8.27. The number of nitrogens with one attached hydrogen (secondary N) is 2. The predicted molar refractivity (Wildman–Crippen MR) is 90.3 cm³/mol. The van der Waals surface area contributed by atoms with Crippen LogP contribution < -0.4 is 5.56 Å². The molecule has 3 aromatic rings. The van der Waals surface area contributed by atoms with Crippen molar-refractivity contribution in [1.29, 1.82) is 0 Å². The molecule has 0 aliphatic rings. The molecule has 7 nitrogen and oxygen atoms in total. The summed E-state index contributed by atoms with van der Waals surface area (Å²) in [5.41, 5.74) is 2.70. The Kier molecular flexibility index (Phi) is 4.25. The van der Waals surface area contributed by atoms with Crippen LogP contribution in [-0.4, -0.2) is 26.0 Å². The first-order chi connectivity index (χ1) is 11.4. The third-order valence-corrected chi connectivity index (χ3v) is 4.72. The zero-order valence-electron chi connectivity index (χ0n) is 13.5. The Bertz CT molecular complexity index is 968. The topological polar surface area (TPSA) is 108 Å². The van der Waals surface area contributed by atoms with Crippen LogP contribution in [0.25, 0.3) is 10.2 Å². The van der Waals surface area contributed by atoms with Gasteiger partial charge in [-0.25, -0.2) is 9.78 Å². The normalized spacial score (nSPS) is 12.5. The molecule has 0 saturated heterocycles. The van der Waals surface area contributed by atoms with Crippen LogP contribution in [0.2, 0.25) is 0 Å². The first-order valence-electron chi connectivity index (χ1n) is 7.39. The number of aliphatic hydroxyl groups excluding tert-OH is 1. The SMILES string of the molecule is Cc1[nH]c(C(=O)OCc2nc3ccsc3c(=O)[nH]2)c(C)c1[C@@H](C)O. The van der Waals surface area contributed by atoms with Gasteiger partial charge in [0.15, 0.2) is 0 Å². The van der Waals surface area contributed by atoms with Gasteiger partial charge in [-0.05, 0) is 37.8 Å². The number of aryl methyl sites for hydroxylation is 1. The maximum Gasteiger partial charge on any atom is 0.355 e. The number of esters is 1. The molecular weight excluding hydrogens is 330 g/mol. The molecule has 24 heavy (non-hydrogen) atoms. The summed E-state index contributed by atoms with van der Waals surface area (Å²) in [7, 11) is 0. The smallest absolute Gasteiger partial charge is 0.355 e. The van der Waals surface area contributed by atoms with Gasteiger partial charge in [0.25, 0.3) is 5.56 Å². The average Bonchev–Trinajstić information content (AvgIpc) is 3.09. The maximum atomic E-state index is 12.3. The molecule has 0 aliphatic heterocycles. The van der Waals surface area contributed by atoms with Crippen LogP contribution in [0, 0.1) is 13.8 Å². The molecule has 0 spiro atoms. The molecule has 0 aliphatic carbocycles. The van der Waals surface area contributed by atoms with E-state index in [4.69, 9.17) is 4.74 Å². The van der Waals surface area contributed by atoms with E-state index in [2.05, 4.69) is 15.0 Å². The second kappa shape index (κ2) is 6.21. The molecule has 8 heteroatoms. The van der Waals surface area contributed by atoms with E-state index in [9.17, 15) is 14.7 Å². The number of hydrogen-bond donors (Lipinski definition) is 3. The molecule has 126 valence electrons. The van der Waals surface area contributed by atoms with Crippen LogP contribution in [-0.2, 0) is 11.3 Å². The number of rotatable bonds is 4. The summed E-state index contributed by atoms with van der Waals surface area (Å²) in [6, 6.07) is 1.74. The van der Waals surface area contributed by atoms with Crippen LogP contribution in [0.4, 0.5) is 0 Å². The van der Waals surface area contributed by atoms with E-state index in [-0.39, 0.29) is 18.0 Å². The summed E-state index contributed by atoms with van der Waals surface area (Å²) in [4.78, 5) is 34.0. The Morgan fingerprint density at radius 2 is 2.17 bits per heavy atom. The van der Waals surface area contributed by atoms with Gasteiger partial charge in [0.05, 0.1) is 11.6 Å². The van der Waals surface area contributed by atoms with Gasteiger partial charge in [-0.2, -0.15) is 0 Å². The Hall–Kier alpha value is -2.45. The molecule has 3 rings (SSSR count). The Morgan fingerprint density at radius 3 is 2.83 bits per heavy atom. The van der Waals surface area contributed by atoms with Crippen LogP contribution in [0.5, 0.6) is 0 Å². The Balaban J connectivity index is 1.80. The maximum absolute atomic E-state index is 12.3. The van der Waals surface area contributed by atoms with E-state index in [0.717, 1.165) is 5.69 Å². The van der Waals surface area contributed by atoms with Crippen molar-refractivity contribution in [3.8, 4) is 0 Å². The molecule has 0 saturated carbocycles. The van der Waals surface area contributed by atoms with Crippen molar-refractivity contribution in [1.82, 2.24) is 15.0 Å². The average molecular weight is 347 g/mol. The number of hydrogen-bond acceptors (Lipinski definition) is 6. The number of H-pyrrole nitrogens is 2. The minimum atomic E-state index is -0.679. The van der Waals surface area contributed by atoms with Gasteiger partial charge in [-0.3, -0.25) is 4.79 Å². The lowest BCUT2D eigenvalue weighted by molar-refractivity contribution is 0.0455. The number of ether oxygens (including phenoxy) is 1. The van der Waals surface area contributed by atoms with Gasteiger partial charge in [0, 0.05) is 11.3 Å². The van der Waals surface area contributed by atoms with Crippen LogP contribution in [0.15, 0.2) is 16.2 Å². The highest BCUT2D eigenvalue weighted by molar-refractivity contribution is 7.17. The minimum absolute atomic E-state index is 0.138. The fourth-order valence-electron chi connectivity index (χ4n) is 2.79. The summed E-state index contributed by atoms with van der Waals surface area (Å²) in [5.74, 6) is -0.272. The van der Waals surface area contributed by atoms with Crippen molar-refractivity contribution in [2.24, 2.45) is 0 Å². The van der Waals surface area contributed by atoms with Gasteiger partial charge in [0.1, 0.15) is 22.8 Å². The largest absolute Gasteiger partial charge is 0.453 e. The van der Waals surface area contributed by atoms with Crippen molar-refractivity contribution in [3.05, 3.63) is 50.1 Å². The number of aromatic nitrogens is 3. The van der Waals surface area contributed by atoms with Gasteiger partial charge in [-0.15, -0.1) is 11.3 Å². The second-order valence-corrected chi connectivity index (χ2v) is 6.48. The monoisotopic (exact) mass is 347 g/mol. The van der Waals surface area contributed by atoms with Crippen molar-refractivity contribution in [2.45, 2.75) is 33.5 Å². The fraction of sp³-hybridized carbons (Fsp3) is 0.312. The quantitative estimate of drug-likeness (QED) is 0.628. The number of aliphatic hydroxyl groups is 1. The van der Waals surface area contributed by atoms with E-state index in [1.165, 1.54) is 11.3 Å². The molecular formula is C16H17N3O4S. The van der Waals surface area contributed by atoms with Crippen molar-refractivity contribution in [3.63, 3.8) is 0 Å². The van der Waals surface area contributed by atoms with E-state index in [1.807, 2.05) is 0 Å². The summed E-state index contributed by atoms with van der Waals surface area (Å²) in [6.07, 6.45) is -0.679. The fourth-order valence-corrected chi connectivity index (χ4v) is 3.52. The number of nitrogens with zero attached hydrogens (tertiary/aromatic N) is 1. The minimum Gasteiger partial charge on any atom is -0.453 e. The van der Waals surface area contributed by atoms with Crippen LogP contribution >= 0.6 is 11.3 Å². The Morgan fingerprint density at radius 1 is 1.42 bits per heavy atom. The lowest BCUT2D eigenvalue weighted by atomic mass is 10.1. The zero-order valence-corrected chi connectivity index (χ0v) is 14.3. The van der Waals surface area contributed by atoms with Crippen LogP contribution in [0.3, 0.4) is 0 Å². The zero-order chi connectivity index (χ0) is 17.4. The molecule has 0 fully saturated rings. The molecule has 0 bridgehead atoms. The summed E-state index contributed by atoms with van der Waals surface area (Å²) in [5, 5.41) is 11.6. The molecule has 0 unspecified atom stereocenters. The third kappa shape index (κ3) is 2.85. The molecule has 3 aromatic heterocycles. The number of carbonyl (C=O) groups is 1. The number of aromatic amines is 2. The number of carbonyl (C=O) groups excluding carboxylic acids is 1. The molecule has 0 radical (unpaired) electrons. The highest BCUT2D eigenvalue weighted by atomic mass is 32.1. The predicted octanol–water partition coefficient (Wildman–Crippen LogP) is 2.34. The number of fused-ring (bicyclic) bond motifs is 1. The Labute approximate surface area is 141 Å². The number of thiophene rings is 1. The first kappa shape index (κ1) is 16.4. The second-order valence-electron chi connectivity index (χ2n) is 5.56. The third-order valence-electron chi connectivity index (χ3n) is 3.82. The summed E-state index contributed by atoms with van der Waals surface area (Å²) in [6.45, 7) is 5.04. The summed E-state index contributed by atoms with van der Waals surface area (Å²) >= 11 is 1.31. The lowest BCUT2D eigenvalue weighted by Gasteiger charge is -2.06. The lowest BCUT2D eigenvalue weighted by Crippen LogP contribution is -2.14. The van der Waals surface area contributed by atoms with Crippen molar-refractivity contribution in [2.75, 3.05) is 0 Å². The standard InChI is InChI=1S/C16H17N3O4S/c1-7-12(9(3)20)8(2)17-13(7)16(22)23-6-11-18-10-4-5-24-14(10)15(21)19-11/h4-5,9,17,20H,6H2,1-3H3,(H,18,19,21)/t9-/m1/s1. The molecule has 0 aromatic carbocycles. The van der Waals surface area contributed by atoms with Gasteiger partial charge < -0.3 is 19.8 Å². The van der Waals surface area contributed by atoms with Gasteiger partial charge in [0.2, 0.25) is 0 Å².